The van der Waals surface area contributed by atoms with Crippen LogP contribution in [-0.4, -0.2) is 51.3 Å². The summed E-state index contributed by atoms with van der Waals surface area (Å²) in [6.45, 7) is 3.68. The molecule has 0 spiro atoms. The molecule has 2 aromatic rings. The van der Waals surface area contributed by atoms with Gasteiger partial charge in [0, 0.05) is 21.9 Å². The predicted octanol–water partition coefficient (Wildman–Crippen LogP) is 2.80. The van der Waals surface area contributed by atoms with E-state index in [9.17, 15) is 18.7 Å². The summed E-state index contributed by atoms with van der Waals surface area (Å²) >= 11 is 1.13. The number of aliphatic hydroxyl groups excluding tert-OH is 1. The van der Waals surface area contributed by atoms with Crippen LogP contribution in [0.1, 0.15) is 35.6 Å². The Hall–Kier alpha value is -2.79. The van der Waals surface area contributed by atoms with E-state index in [1.54, 1.807) is 20.8 Å². The van der Waals surface area contributed by atoms with Gasteiger partial charge in [-0.05, 0) is 32.0 Å². The summed E-state index contributed by atoms with van der Waals surface area (Å²) in [5.41, 5.74) is 4.85. The van der Waals surface area contributed by atoms with Gasteiger partial charge in [0.25, 0.3) is 5.91 Å². The molecule has 0 unspecified atom stereocenters. The van der Waals surface area contributed by atoms with Crippen molar-refractivity contribution in [3.8, 4) is 5.88 Å². The number of nitrogens with one attached hydrogen (secondary N) is 1. The number of rotatable bonds is 6. The minimum Gasteiger partial charge on any atom is -0.480 e. The number of nitrogens with two attached hydrogens (primary N) is 1. The van der Waals surface area contributed by atoms with E-state index in [1.165, 1.54) is 25.4 Å². The van der Waals surface area contributed by atoms with Gasteiger partial charge in [-0.3, -0.25) is 4.79 Å². The molecule has 4 N–H and O–H groups in total. The second-order valence-corrected chi connectivity index (χ2v) is 9.35. The number of aryl methyl sites for hydroxylation is 1. The van der Waals surface area contributed by atoms with Crippen LogP contribution in [0.5, 0.6) is 5.88 Å². The molecule has 2 heterocycles. The average molecular weight is 466 g/mol. The number of ether oxygens (including phenoxy) is 1. The molecule has 1 aromatic carbocycles. The van der Waals surface area contributed by atoms with Crippen LogP contribution in [0.2, 0.25) is 0 Å². The van der Waals surface area contributed by atoms with Crippen molar-refractivity contribution >= 4 is 28.5 Å². The third-order valence-corrected chi connectivity index (χ3v) is 7.09. The molecule has 0 fully saturated rings. The Bertz CT molecular complexity index is 1070. The lowest BCUT2D eigenvalue weighted by molar-refractivity contribution is 0.102. The molecule has 1 aromatic heterocycles. The topological polar surface area (TPSA) is 123 Å². The van der Waals surface area contributed by atoms with E-state index >= 15 is 0 Å². The second kappa shape index (κ2) is 8.99. The van der Waals surface area contributed by atoms with E-state index < -0.39 is 34.6 Å². The number of amidine groups is 1. The quantitative estimate of drug-likeness (QED) is 0.599. The normalized spacial score (nSPS) is 25.2. The lowest BCUT2D eigenvalue weighted by atomic mass is 9.73. The van der Waals surface area contributed by atoms with Gasteiger partial charge < -0.3 is 20.9 Å². The number of carbonyl (C=O) groups is 1. The van der Waals surface area contributed by atoms with Gasteiger partial charge in [0.05, 0.1) is 25.6 Å². The Morgan fingerprint density at radius 3 is 2.75 bits per heavy atom. The van der Waals surface area contributed by atoms with Gasteiger partial charge in [-0.2, -0.15) is 0 Å². The zero-order valence-corrected chi connectivity index (χ0v) is 19.0. The fourth-order valence-corrected chi connectivity index (χ4v) is 4.86. The van der Waals surface area contributed by atoms with Crippen LogP contribution in [0.15, 0.2) is 29.4 Å². The lowest BCUT2D eigenvalue weighted by Crippen LogP contribution is -2.53. The summed E-state index contributed by atoms with van der Waals surface area (Å²) in [5, 5.41) is 12.6. The molecule has 0 saturated heterocycles. The molecule has 1 aliphatic heterocycles. The first-order valence-corrected chi connectivity index (χ1v) is 10.6. The number of halogens is 2. The minimum atomic E-state index is -1.66. The summed E-state index contributed by atoms with van der Waals surface area (Å²) in [5.74, 6) is -1.62. The Morgan fingerprint density at radius 1 is 1.44 bits per heavy atom. The number of aromatic nitrogens is 2. The molecule has 0 saturated carbocycles. The first-order valence-electron chi connectivity index (χ1n) is 9.80. The highest BCUT2D eigenvalue weighted by atomic mass is 32.2. The number of nitrogens with zero attached hydrogens (tertiary/aromatic N) is 3. The van der Waals surface area contributed by atoms with Crippen LogP contribution in [0.3, 0.4) is 0 Å². The summed E-state index contributed by atoms with van der Waals surface area (Å²) in [4.78, 5) is 25.2. The van der Waals surface area contributed by atoms with E-state index in [1.807, 2.05) is 0 Å². The molecule has 11 heteroatoms. The molecule has 1 aliphatic rings. The van der Waals surface area contributed by atoms with E-state index in [2.05, 4.69) is 20.3 Å². The summed E-state index contributed by atoms with van der Waals surface area (Å²) in [7, 11) is 1.44. The van der Waals surface area contributed by atoms with E-state index in [-0.39, 0.29) is 34.6 Å². The van der Waals surface area contributed by atoms with E-state index in [0.29, 0.717) is 5.69 Å². The molecule has 0 radical (unpaired) electrons. The first-order chi connectivity index (χ1) is 15.1. The van der Waals surface area contributed by atoms with E-state index in [4.69, 9.17) is 10.5 Å². The van der Waals surface area contributed by atoms with Gasteiger partial charge >= 0.3 is 0 Å². The van der Waals surface area contributed by atoms with Crippen molar-refractivity contribution in [3.63, 3.8) is 0 Å². The van der Waals surface area contributed by atoms with Crippen molar-refractivity contribution in [1.29, 1.82) is 0 Å². The number of amides is 1. The molecule has 3 atom stereocenters. The van der Waals surface area contributed by atoms with Crippen LogP contribution in [0.25, 0.3) is 0 Å². The molecule has 8 nitrogen and oxygen atoms in total. The van der Waals surface area contributed by atoms with Crippen molar-refractivity contribution in [2.45, 2.75) is 31.1 Å². The average Bonchev–Trinajstić information content (AvgIpc) is 2.77. The number of aliphatic imine (C=N–C) groups is 1. The molecule has 172 valence electrons. The molecule has 3 rings (SSSR count). The van der Waals surface area contributed by atoms with Gasteiger partial charge in [-0.25, -0.2) is 23.7 Å². The summed E-state index contributed by atoms with van der Waals surface area (Å²) in [6.07, 6.45) is 1.31. The predicted molar refractivity (Wildman–Crippen MR) is 119 cm³/mol. The Balaban J connectivity index is 2.01. The molecule has 1 amide bonds. The molecular formula is C21H25F2N5O3S. The van der Waals surface area contributed by atoms with Crippen molar-refractivity contribution in [1.82, 2.24) is 9.97 Å². The first kappa shape index (κ1) is 23.9. The Labute approximate surface area is 188 Å². The summed E-state index contributed by atoms with van der Waals surface area (Å²) in [6, 6.07) is 3.82. The van der Waals surface area contributed by atoms with Crippen LogP contribution >= 0.6 is 11.8 Å². The van der Waals surface area contributed by atoms with Crippen LogP contribution in [0, 0.1) is 18.7 Å². The number of benzene rings is 1. The van der Waals surface area contributed by atoms with Crippen molar-refractivity contribution in [3.05, 3.63) is 47.2 Å². The molecular weight excluding hydrogens is 440 g/mol. The number of carbonyl (C=O) groups excluding carboxylic acids is 1. The lowest BCUT2D eigenvalue weighted by Gasteiger charge is -2.47. The number of hydrogen-bond donors (Lipinski definition) is 3. The standard InChI is InChI=1S/C21H25F2N5O3S/c1-11-17(25-8-16(26-11)31-4)18(30)27-13-5-6-15(23)14(7-13)21(9-22)12(2)20(3,10-29)32-19(24)28-21/h5-8,12,29H,9-10H2,1-4H3,(H2,24,28)(H,27,30)/t12-,20-,21+/m1/s1. The highest BCUT2D eigenvalue weighted by Gasteiger charge is 2.52. The third kappa shape index (κ3) is 4.14. The zero-order chi connectivity index (χ0) is 23.7. The number of aliphatic hydroxyl groups is 1. The molecule has 0 bridgehead atoms. The number of thioether (sulfide) groups is 1. The van der Waals surface area contributed by atoms with Gasteiger partial charge in [0.1, 0.15) is 23.7 Å². The highest BCUT2D eigenvalue weighted by molar-refractivity contribution is 8.15. The van der Waals surface area contributed by atoms with Gasteiger partial charge in [-0.15, -0.1) is 0 Å². The van der Waals surface area contributed by atoms with Crippen molar-refractivity contribution in [2.24, 2.45) is 16.6 Å². The number of alkyl halides is 1. The monoisotopic (exact) mass is 465 g/mol. The van der Waals surface area contributed by atoms with Gasteiger partial charge in [0.15, 0.2) is 5.17 Å². The highest BCUT2D eigenvalue weighted by Crippen LogP contribution is 2.50. The van der Waals surface area contributed by atoms with Crippen molar-refractivity contribution in [2.75, 3.05) is 25.7 Å². The maximum absolute atomic E-state index is 15.0. The van der Waals surface area contributed by atoms with Crippen LogP contribution in [-0.2, 0) is 5.54 Å². The van der Waals surface area contributed by atoms with Gasteiger partial charge in [-0.1, -0.05) is 18.7 Å². The largest absolute Gasteiger partial charge is 0.480 e. The summed E-state index contributed by atoms with van der Waals surface area (Å²) < 4.78 is 33.6. The smallest absolute Gasteiger partial charge is 0.276 e. The van der Waals surface area contributed by atoms with Crippen LogP contribution < -0.4 is 15.8 Å². The zero-order valence-electron chi connectivity index (χ0n) is 18.1. The Kier molecular flexibility index (Phi) is 6.70. The maximum atomic E-state index is 15.0. The SMILES string of the molecule is COc1cnc(C(=O)Nc2ccc(F)c([C@@]3(CF)N=C(N)S[C@](C)(CO)[C@H]3C)c2)c(C)n1. The minimum absolute atomic E-state index is 0.0512. The molecule has 32 heavy (non-hydrogen) atoms. The molecule has 0 aliphatic carbocycles. The maximum Gasteiger partial charge on any atom is 0.276 e. The number of hydrogen-bond acceptors (Lipinski definition) is 8. The fraction of sp³-hybridized carbons (Fsp3) is 0.429. The van der Waals surface area contributed by atoms with E-state index in [0.717, 1.165) is 17.8 Å². The number of methoxy groups -OCH3 is 1. The third-order valence-electron chi connectivity index (χ3n) is 5.84. The van der Waals surface area contributed by atoms with Gasteiger partial charge in [0.2, 0.25) is 5.88 Å². The van der Waals surface area contributed by atoms with Crippen LogP contribution in [0.4, 0.5) is 14.5 Å². The second-order valence-electron chi connectivity index (χ2n) is 7.80. The van der Waals surface area contributed by atoms with Crippen molar-refractivity contribution < 1.29 is 23.4 Å². The number of anilines is 1. The Morgan fingerprint density at radius 2 is 2.16 bits per heavy atom. The fourth-order valence-electron chi connectivity index (χ4n) is 3.74.